The Balaban J connectivity index is 2.00. The van der Waals surface area contributed by atoms with Crippen molar-refractivity contribution in [2.45, 2.75) is 19.3 Å². The van der Waals surface area contributed by atoms with Crippen molar-refractivity contribution in [3.63, 3.8) is 0 Å². The molecule has 0 unspecified atom stereocenters. The summed E-state index contributed by atoms with van der Waals surface area (Å²) in [5.74, 6) is 1.32. The number of aromatic nitrogens is 2. The third-order valence-electron chi connectivity index (χ3n) is 3.45. The molecule has 0 saturated carbocycles. The topological polar surface area (TPSA) is 34.9 Å². The summed E-state index contributed by atoms with van der Waals surface area (Å²) in [4.78, 5) is 16.0. The number of carbonyl (C=O) groups is 1. The van der Waals surface area contributed by atoms with Gasteiger partial charge in [-0.05, 0) is 17.5 Å². The van der Waals surface area contributed by atoms with Gasteiger partial charge in [-0.3, -0.25) is 4.79 Å². The van der Waals surface area contributed by atoms with E-state index >= 15 is 0 Å². The molecule has 0 aliphatic heterocycles. The van der Waals surface area contributed by atoms with Gasteiger partial charge in [0.15, 0.2) is 5.78 Å². The fraction of sp³-hybridized carbons (Fsp3) is 0.286. The predicted octanol–water partition coefficient (Wildman–Crippen LogP) is 2.14. The average Bonchev–Trinajstić information content (AvgIpc) is 2.89. The molecule has 0 radical (unpaired) electrons. The minimum absolute atomic E-state index is 0.279. The van der Waals surface area contributed by atoms with Crippen LogP contribution in [0.2, 0.25) is 0 Å². The second-order valence-electron chi connectivity index (χ2n) is 4.50. The van der Waals surface area contributed by atoms with Gasteiger partial charge < -0.3 is 4.57 Å². The number of imidazole rings is 1. The first-order valence-electron chi connectivity index (χ1n) is 5.86. The third-order valence-corrected chi connectivity index (χ3v) is 3.45. The van der Waals surface area contributed by atoms with Crippen LogP contribution < -0.4 is 0 Å². The average molecular weight is 226 g/mol. The summed E-state index contributed by atoms with van der Waals surface area (Å²) >= 11 is 0. The molecule has 17 heavy (non-hydrogen) atoms. The Kier molecular flexibility index (Phi) is 2.32. The van der Waals surface area contributed by atoms with Crippen molar-refractivity contribution < 1.29 is 4.79 Å². The van der Waals surface area contributed by atoms with Crippen molar-refractivity contribution in [2.75, 3.05) is 0 Å². The Bertz CT molecular complexity index is 584. The molecule has 0 spiro atoms. The molecule has 0 fully saturated rings. The minimum atomic E-state index is 0.279. The lowest BCUT2D eigenvalue weighted by molar-refractivity contribution is 0.0994. The smallest absolute Gasteiger partial charge is 0.163 e. The van der Waals surface area contributed by atoms with Crippen LogP contribution >= 0.6 is 0 Å². The summed E-state index contributed by atoms with van der Waals surface area (Å²) in [5, 5.41) is 0. The zero-order chi connectivity index (χ0) is 11.8. The summed E-state index contributed by atoms with van der Waals surface area (Å²) in [7, 11) is 2.00. The highest BCUT2D eigenvalue weighted by Crippen LogP contribution is 2.26. The molecule has 2 aromatic rings. The molecule has 0 atom stereocenters. The maximum absolute atomic E-state index is 11.7. The van der Waals surface area contributed by atoms with Crippen LogP contribution in [0.5, 0.6) is 0 Å². The predicted molar refractivity (Wildman–Crippen MR) is 65.1 cm³/mol. The van der Waals surface area contributed by atoms with Crippen LogP contribution in [0.4, 0.5) is 0 Å². The van der Waals surface area contributed by atoms with Gasteiger partial charge in [0.25, 0.3) is 0 Å². The molecule has 0 amide bonds. The number of benzene rings is 1. The molecule has 0 bridgehead atoms. The molecule has 1 aromatic carbocycles. The third kappa shape index (κ3) is 1.68. The largest absolute Gasteiger partial charge is 0.338 e. The molecule has 3 heteroatoms. The molecular formula is C14H14N2O. The van der Waals surface area contributed by atoms with Crippen LogP contribution in [0, 0.1) is 0 Å². The number of ketones is 1. The van der Waals surface area contributed by atoms with Gasteiger partial charge in [-0.1, -0.05) is 18.2 Å². The van der Waals surface area contributed by atoms with E-state index in [1.54, 1.807) is 0 Å². The second-order valence-corrected chi connectivity index (χ2v) is 4.50. The van der Waals surface area contributed by atoms with E-state index in [1.165, 1.54) is 11.1 Å². The summed E-state index contributed by atoms with van der Waals surface area (Å²) in [5.41, 5.74) is 3.37. The quantitative estimate of drug-likeness (QED) is 0.786. The van der Waals surface area contributed by atoms with Gasteiger partial charge in [0.1, 0.15) is 5.82 Å². The van der Waals surface area contributed by atoms with Gasteiger partial charge in [0.2, 0.25) is 0 Å². The van der Waals surface area contributed by atoms with Gasteiger partial charge in [0.05, 0.1) is 0 Å². The molecule has 1 aromatic heterocycles. The fourth-order valence-electron chi connectivity index (χ4n) is 2.47. The molecule has 1 aliphatic rings. The van der Waals surface area contributed by atoms with Gasteiger partial charge in [-0.2, -0.15) is 0 Å². The zero-order valence-corrected chi connectivity index (χ0v) is 9.81. The lowest BCUT2D eigenvalue weighted by Crippen LogP contribution is -2.01. The summed E-state index contributed by atoms with van der Waals surface area (Å²) in [6.07, 6.45) is 6.11. The normalized spacial score (nSPS) is 14.1. The highest BCUT2D eigenvalue weighted by Gasteiger charge is 2.21. The molecule has 0 N–H and O–H groups in total. The maximum atomic E-state index is 11.7. The molecule has 1 aliphatic carbocycles. The lowest BCUT2D eigenvalue weighted by Gasteiger charge is -2.07. The summed E-state index contributed by atoms with van der Waals surface area (Å²) < 4.78 is 2.02. The molecule has 0 saturated heterocycles. The first-order valence-corrected chi connectivity index (χ1v) is 5.86. The lowest BCUT2D eigenvalue weighted by atomic mass is 10.0. The number of hydrogen-bond donors (Lipinski definition) is 0. The molecule has 86 valence electrons. The van der Waals surface area contributed by atoms with E-state index in [1.807, 2.05) is 36.1 Å². The van der Waals surface area contributed by atoms with Gasteiger partial charge in [-0.15, -0.1) is 0 Å². The van der Waals surface area contributed by atoms with Crippen LogP contribution in [0.1, 0.15) is 33.7 Å². The van der Waals surface area contributed by atoms with Crippen LogP contribution in [-0.2, 0) is 19.9 Å². The van der Waals surface area contributed by atoms with Crippen molar-refractivity contribution >= 4 is 5.78 Å². The highest BCUT2D eigenvalue weighted by molar-refractivity contribution is 6.00. The van der Waals surface area contributed by atoms with E-state index in [9.17, 15) is 4.79 Å². The number of nitrogens with zero attached hydrogens (tertiary/aromatic N) is 2. The van der Waals surface area contributed by atoms with Gasteiger partial charge in [0, 0.05) is 37.8 Å². The minimum Gasteiger partial charge on any atom is -0.338 e. The standard InChI is InChI=1S/C14H14N2O/c1-16-8-7-15-14(16)9-10-3-2-4-12-11(10)5-6-13(12)17/h2-4,7-8H,5-6,9H2,1H3. The van der Waals surface area contributed by atoms with Gasteiger partial charge in [-0.25, -0.2) is 4.98 Å². The van der Waals surface area contributed by atoms with Crippen molar-refractivity contribution in [1.82, 2.24) is 9.55 Å². The number of Topliss-reactive ketones (excluding diaryl/α,β-unsaturated/α-hetero) is 1. The summed E-state index contributed by atoms with van der Waals surface area (Å²) in [6, 6.07) is 6.01. The van der Waals surface area contributed by atoms with Gasteiger partial charge >= 0.3 is 0 Å². The van der Waals surface area contributed by atoms with E-state index < -0.39 is 0 Å². The van der Waals surface area contributed by atoms with Crippen molar-refractivity contribution in [1.29, 1.82) is 0 Å². The number of carbonyl (C=O) groups excluding carboxylic acids is 1. The number of aryl methyl sites for hydroxylation is 1. The SMILES string of the molecule is Cn1ccnc1Cc1cccc2c1CCC2=O. The molecular weight excluding hydrogens is 212 g/mol. The van der Waals surface area contributed by atoms with Crippen molar-refractivity contribution in [2.24, 2.45) is 7.05 Å². The molecule has 3 nitrogen and oxygen atoms in total. The van der Waals surface area contributed by atoms with Crippen LogP contribution in [0.15, 0.2) is 30.6 Å². The number of hydrogen-bond acceptors (Lipinski definition) is 2. The van der Waals surface area contributed by atoms with E-state index in [2.05, 4.69) is 11.1 Å². The summed E-state index contributed by atoms with van der Waals surface area (Å²) in [6.45, 7) is 0. The molecule has 1 heterocycles. The second kappa shape index (κ2) is 3.84. The van der Waals surface area contributed by atoms with E-state index in [0.29, 0.717) is 6.42 Å². The Labute approximate surface area is 100 Å². The highest BCUT2D eigenvalue weighted by atomic mass is 16.1. The first kappa shape index (κ1) is 10.3. The Morgan fingerprint density at radius 1 is 1.35 bits per heavy atom. The molecule has 3 rings (SSSR count). The first-order chi connectivity index (χ1) is 8.25. The number of fused-ring (bicyclic) bond motifs is 1. The van der Waals surface area contributed by atoms with Crippen LogP contribution in [-0.4, -0.2) is 15.3 Å². The van der Waals surface area contributed by atoms with E-state index in [4.69, 9.17) is 0 Å². The fourth-order valence-corrected chi connectivity index (χ4v) is 2.47. The maximum Gasteiger partial charge on any atom is 0.163 e. The van der Waals surface area contributed by atoms with E-state index in [0.717, 1.165) is 24.2 Å². The number of rotatable bonds is 2. The Morgan fingerprint density at radius 2 is 2.24 bits per heavy atom. The van der Waals surface area contributed by atoms with E-state index in [-0.39, 0.29) is 5.78 Å². The zero-order valence-electron chi connectivity index (χ0n) is 9.81. The monoisotopic (exact) mass is 226 g/mol. The van der Waals surface area contributed by atoms with Crippen LogP contribution in [0.25, 0.3) is 0 Å². The van der Waals surface area contributed by atoms with Crippen LogP contribution in [0.3, 0.4) is 0 Å². The van der Waals surface area contributed by atoms with Crippen molar-refractivity contribution in [3.05, 3.63) is 53.1 Å². The van der Waals surface area contributed by atoms with Crippen molar-refractivity contribution in [3.8, 4) is 0 Å². The Morgan fingerprint density at radius 3 is 3.00 bits per heavy atom. The Hall–Kier alpha value is -1.90.